The Morgan fingerprint density at radius 1 is 1.12 bits per heavy atom. The van der Waals surface area contributed by atoms with Crippen molar-refractivity contribution in [2.45, 2.75) is 51.7 Å². The zero-order chi connectivity index (χ0) is 18.5. The van der Waals surface area contributed by atoms with Gasteiger partial charge in [0.15, 0.2) is 0 Å². The van der Waals surface area contributed by atoms with Crippen molar-refractivity contribution in [2.24, 2.45) is 11.7 Å². The summed E-state index contributed by atoms with van der Waals surface area (Å²) in [6.07, 6.45) is -0.302. The van der Waals surface area contributed by atoms with Crippen molar-refractivity contribution in [2.75, 3.05) is 0 Å². The van der Waals surface area contributed by atoms with Crippen molar-refractivity contribution in [3.05, 3.63) is 35.9 Å². The number of carboxylic acid groups (broad SMARTS) is 1. The Balaban J connectivity index is 3.02. The minimum absolute atomic E-state index is 0.143. The van der Waals surface area contributed by atoms with Gasteiger partial charge in [-0.2, -0.15) is 0 Å². The summed E-state index contributed by atoms with van der Waals surface area (Å²) in [6, 6.07) is 9.02. The first kappa shape index (κ1) is 19.8. The van der Waals surface area contributed by atoms with Gasteiger partial charge in [0.1, 0.15) is 22.8 Å². The molecule has 0 spiro atoms. The summed E-state index contributed by atoms with van der Waals surface area (Å²) in [5.74, 6) is -3.59. The van der Waals surface area contributed by atoms with Crippen LogP contribution in [-0.2, 0) is 25.5 Å². The molecule has 3 N–H and O–H groups in total. The third kappa shape index (κ3) is 6.12. The third-order valence-electron chi connectivity index (χ3n) is 3.39. The van der Waals surface area contributed by atoms with Gasteiger partial charge >= 0.3 is 11.9 Å². The fraction of sp³-hybridized carbons (Fsp3) is 0.500. The minimum Gasteiger partial charge on any atom is -0.480 e. The van der Waals surface area contributed by atoms with Crippen molar-refractivity contribution in [3.8, 4) is 0 Å². The number of hydrogen-bond acceptors (Lipinski definition) is 5. The molecule has 0 bridgehead atoms. The van der Waals surface area contributed by atoms with E-state index in [1.807, 2.05) is 6.07 Å². The second-order valence-electron chi connectivity index (χ2n) is 7.14. The minimum atomic E-state index is -1.73. The second-order valence-corrected chi connectivity index (χ2v) is 7.14. The Kier molecular flexibility index (Phi) is 6.26. The molecule has 6 nitrogen and oxygen atoms in total. The van der Waals surface area contributed by atoms with E-state index in [-0.39, 0.29) is 6.42 Å². The van der Waals surface area contributed by atoms with Gasteiger partial charge in [-0.05, 0) is 39.7 Å². The zero-order valence-corrected chi connectivity index (χ0v) is 14.5. The Labute approximate surface area is 142 Å². The molecule has 6 heteroatoms. The lowest BCUT2D eigenvalue weighted by Gasteiger charge is -2.25. The summed E-state index contributed by atoms with van der Waals surface area (Å²) in [4.78, 5) is 36.1. The molecule has 1 rings (SSSR count). The molecule has 0 heterocycles. The number of Topliss-reactive ketones (excluding diaryl/α,β-unsaturated/α-hetero) is 1. The van der Waals surface area contributed by atoms with Gasteiger partial charge in [-0.15, -0.1) is 0 Å². The maximum absolute atomic E-state index is 12.6. The average molecular weight is 335 g/mol. The van der Waals surface area contributed by atoms with Gasteiger partial charge in [0.05, 0.1) is 0 Å². The van der Waals surface area contributed by atoms with Crippen LogP contribution >= 0.6 is 0 Å². The lowest BCUT2D eigenvalue weighted by atomic mass is 9.87. The van der Waals surface area contributed by atoms with Crippen LogP contribution in [0.5, 0.6) is 0 Å². The Morgan fingerprint density at radius 2 is 1.67 bits per heavy atom. The van der Waals surface area contributed by atoms with Crippen LogP contribution in [0, 0.1) is 5.92 Å². The molecular formula is C18H25NO5. The molecule has 0 saturated carbocycles. The van der Waals surface area contributed by atoms with Gasteiger partial charge in [-0.25, -0.2) is 0 Å². The number of benzene rings is 1. The summed E-state index contributed by atoms with van der Waals surface area (Å²) < 4.78 is 5.32. The molecule has 0 radical (unpaired) electrons. The number of ketones is 1. The van der Waals surface area contributed by atoms with Crippen molar-refractivity contribution in [1.29, 1.82) is 0 Å². The standard InChI is InChI=1S/C18H25NO5/c1-17(2,3)24-15(21)13(10-12-8-6-5-7-9-12)14(20)11-18(4,19)16(22)23/h5-9,13H,10-11,19H2,1-4H3,(H,22,23). The molecule has 132 valence electrons. The maximum atomic E-state index is 12.6. The van der Waals surface area contributed by atoms with E-state index < -0.39 is 41.2 Å². The first-order valence-electron chi connectivity index (χ1n) is 7.74. The van der Waals surface area contributed by atoms with Crippen molar-refractivity contribution >= 4 is 17.7 Å². The number of aliphatic carboxylic acids is 1. The third-order valence-corrected chi connectivity index (χ3v) is 3.39. The lowest BCUT2D eigenvalue weighted by molar-refractivity contribution is -0.163. The van der Waals surface area contributed by atoms with E-state index in [0.29, 0.717) is 0 Å². The monoisotopic (exact) mass is 335 g/mol. The number of nitrogens with two attached hydrogens (primary N) is 1. The molecule has 0 aliphatic heterocycles. The SMILES string of the molecule is CC(C)(C)OC(=O)C(Cc1ccccc1)C(=O)CC(C)(N)C(=O)O. The molecule has 24 heavy (non-hydrogen) atoms. The fourth-order valence-electron chi connectivity index (χ4n) is 2.11. The molecule has 0 saturated heterocycles. The number of ether oxygens (including phenoxy) is 1. The highest BCUT2D eigenvalue weighted by atomic mass is 16.6. The maximum Gasteiger partial charge on any atom is 0.323 e. The van der Waals surface area contributed by atoms with E-state index in [1.165, 1.54) is 6.92 Å². The van der Waals surface area contributed by atoms with Crippen LogP contribution < -0.4 is 5.73 Å². The fourth-order valence-corrected chi connectivity index (χ4v) is 2.11. The van der Waals surface area contributed by atoms with Crippen LogP contribution in [0.15, 0.2) is 30.3 Å². The van der Waals surface area contributed by atoms with Gasteiger partial charge in [-0.1, -0.05) is 30.3 Å². The predicted octanol–water partition coefficient (Wildman–Crippen LogP) is 1.95. The summed E-state index contributed by atoms with van der Waals surface area (Å²) in [5.41, 5.74) is 3.96. The average Bonchev–Trinajstić information content (AvgIpc) is 2.43. The van der Waals surface area contributed by atoms with Gasteiger partial charge in [0, 0.05) is 6.42 Å². The van der Waals surface area contributed by atoms with Crippen LogP contribution in [-0.4, -0.2) is 34.0 Å². The zero-order valence-electron chi connectivity index (χ0n) is 14.5. The van der Waals surface area contributed by atoms with E-state index in [1.54, 1.807) is 45.0 Å². The summed E-state index contributed by atoms with van der Waals surface area (Å²) in [5, 5.41) is 9.09. The molecule has 2 unspecified atom stereocenters. The number of hydrogen-bond donors (Lipinski definition) is 2. The molecule has 1 aromatic carbocycles. The molecule has 0 aromatic heterocycles. The Bertz CT molecular complexity index is 602. The number of rotatable bonds is 7. The van der Waals surface area contributed by atoms with E-state index in [4.69, 9.17) is 15.6 Å². The van der Waals surface area contributed by atoms with Crippen molar-refractivity contribution in [3.63, 3.8) is 0 Å². The smallest absolute Gasteiger partial charge is 0.323 e. The van der Waals surface area contributed by atoms with Crippen LogP contribution in [0.2, 0.25) is 0 Å². The summed E-state index contributed by atoms with van der Waals surface area (Å²) in [6.45, 7) is 6.37. The highest BCUT2D eigenvalue weighted by Gasteiger charge is 2.38. The molecule has 0 aliphatic rings. The molecule has 0 aliphatic carbocycles. The van der Waals surface area contributed by atoms with Gasteiger partial charge in [0.2, 0.25) is 0 Å². The van der Waals surface area contributed by atoms with Crippen molar-refractivity contribution < 1.29 is 24.2 Å². The summed E-state index contributed by atoms with van der Waals surface area (Å²) in [7, 11) is 0. The van der Waals surface area contributed by atoms with E-state index >= 15 is 0 Å². The van der Waals surface area contributed by atoms with E-state index in [2.05, 4.69) is 0 Å². The first-order chi connectivity index (χ1) is 10.9. The van der Waals surface area contributed by atoms with Gasteiger partial charge < -0.3 is 15.6 Å². The van der Waals surface area contributed by atoms with E-state index in [9.17, 15) is 14.4 Å². The molecular weight excluding hydrogens is 310 g/mol. The van der Waals surface area contributed by atoms with E-state index in [0.717, 1.165) is 5.56 Å². The van der Waals surface area contributed by atoms with Gasteiger partial charge in [-0.3, -0.25) is 14.4 Å². The van der Waals surface area contributed by atoms with Crippen molar-refractivity contribution in [1.82, 2.24) is 0 Å². The Morgan fingerprint density at radius 3 is 2.12 bits per heavy atom. The molecule has 0 amide bonds. The summed E-state index contributed by atoms with van der Waals surface area (Å²) >= 11 is 0. The quantitative estimate of drug-likeness (QED) is 0.582. The number of carbonyl (C=O) groups excluding carboxylic acids is 2. The highest BCUT2D eigenvalue weighted by Crippen LogP contribution is 2.20. The molecule has 1 aromatic rings. The number of carboxylic acids is 1. The lowest BCUT2D eigenvalue weighted by Crippen LogP contribution is -2.48. The van der Waals surface area contributed by atoms with Crippen LogP contribution in [0.4, 0.5) is 0 Å². The number of esters is 1. The largest absolute Gasteiger partial charge is 0.480 e. The normalized spacial score (nSPS) is 15.2. The molecule has 2 atom stereocenters. The topological polar surface area (TPSA) is 107 Å². The number of carbonyl (C=O) groups is 3. The highest BCUT2D eigenvalue weighted by molar-refractivity contribution is 6.01. The van der Waals surface area contributed by atoms with Crippen LogP contribution in [0.25, 0.3) is 0 Å². The molecule has 0 fully saturated rings. The van der Waals surface area contributed by atoms with Gasteiger partial charge in [0.25, 0.3) is 0 Å². The predicted molar refractivity (Wildman–Crippen MR) is 89.3 cm³/mol. The Hall–Kier alpha value is -2.21. The second kappa shape index (κ2) is 7.57. The van der Waals surface area contributed by atoms with Crippen LogP contribution in [0.3, 0.4) is 0 Å². The first-order valence-corrected chi connectivity index (χ1v) is 7.74. The van der Waals surface area contributed by atoms with Crippen LogP contribution in [0.1, 0.15) is 39.7 Å².